The Morgan fingerprint density at radius 3 is 2.56 bits per heavy atom. The van der Waals surface area contributed by atoms with Crippen LogP contribution < -0.4 is 5.76 Å². The van der Waals surface area contributed by atoms with E-state index >= 15 is 0 Å². The van der Waals surface area contributed by atoms with Crippen molar-refractivity contribution in [3.63, 3.8) is 0 Å². The maximum Gasteiger partial charge on any atom is 0.419 e. The van der Waals surface area contributed by atoms with Gasteiger partial charge in [0.25, 0.3) is 0 Å². The molecule has 170 valence electrons. The molecule has 0 aliphatic carbocycles. The van der Waals surface area contributed by atoms with Crippen LogP contribution in [-0.4, -0.2) is 54.3 Å². The number of halogens is 2. The number of hydrogen-bond acceptors (Lipinski definition) is 5. The van der Waals surface area contributed by atoms with Crippen LogP contribution in [0, 0.1) is 5.82 Å². The summed E-state index contributed by atoms with van der Waals surface area (Å²) in [6, 6.07) is 9.53. The zero-order valence-corrected chi connectivity index (χ0v) is 18.6. The van der Waals surface area contributed by atoms with Gasteiger partial charge in [-0.3, -0.25) is 9.36 Å². The van der Waals surface area contributed by atoms with Crippen LogP contribution in [0.3, 0.4) is 0 Å². The lowest BCUT2D eigenvalue weighted by Crippen LogP contribution is -2.37. The second kappa shape index (κ2) is 9.05. The van der Waals surface area contributed by atoms with Crippen LogP contribution >= 0.6 is 11.6 Å². The quantitative estimate of drug-likeness (QED) is 0.558. The topological polar surface area (TPSA) is 92.8 Å². The fourth-order valence-electron chi connectivity index (χ4n) is 3.76. The van der Waals surface area contributed by atoms with Crippen LogP contribution in [0.15, 0.2) is 56.6 Å². The number of benzene rings is 2. The number of amides is 1. The van der Waals surface area contributed by atoms with Gasteiger partial charge in [0.1, 0.15) is 5.82 Å². The molecule has 0 spiro atoms. The van der Waals surface area contributed by atoms with Crippen LogP contribution in [-0.2, 0) is 21.4 Å². The van der Waals surface area contributed by atoms with E-state index in [1.54, 1.807) is 23.1 Å². The predicted octanol–water partition coefficient (Wildman–Crippen LogP) is 2.70. The van der Waals surface area contributed by atoms with Crippen molar-refractivity contribution in [1.82, 2.24) is 13.8 Å². The monoisotopic (exact) mass is 481 g/mol. The Labute approximate surface area is 188 Å². The summed E-state index contributed by atoms with van der Waals surface area (Å²) in [6.07, 6.45) is 0.543. The predicted molar refractivity (Wildman–Crippen MR) is 116 cm³/mol. The first-order chi connectivity index (χ1) is 15.3. The highest BCUT2D eigenvalue weighted by Gasteiger charge is 2.28. The summed E-state index contributed by atoms with van der Waals surface area (Å²) in [5.74, 6) is -1.26. The van der Waals surface area contributed by atoms with Gasteiger partial charge in [-0.25, -0.2) is 17.6 Å². The summed E-state index contributed by atoms with van der Waals surface area (Å²) < 4.78 is 46.7. The summed E-state index contributed by atoms with van der Waals surface area (Å²) in [7, 11) is -3.77. The van der Waals surface area contributed by atoms with Gasteiger partial charge in [0.05, 0.1) is 10.4 Å². The Morgan fingerprint density at radius 2 is 1.81 bits per heavy atom. The molecule has 1 aromatic heterocycles. The van der Waals surface area contributed by atoms with Crippen molar-refractivity contribution in [2.45, 2.75) is 24.3 Å². The zero-order valence-electron chi connectivity index (χ0n) is 17.0. The van der Waals surface area contributed by atoms with E-state index in [0.29, 0.717) is 29.1 Å². The number of oxazole rings is 1. The van der Waals surface area contributed by atoms with Crippen molar-refractivity contribution >= 4 is 38.6 Å². The molecule has 2 heterocycles. The molecule has 32 heavy (non-hydrogen) atoms. The van der Waals surface area contributed by atoms with Gasteiger partial charge in [-0.05, 0) is 42.8 Å². The van der Waals surface area contributed by atoms with E-state index in [2.05, 4.69) is 0 Å². The van der Waals surface area contributed by atoms with Crippen molar-refractivity contribution in [1.29, 1.82) is 0 Å². The first-order valence-corrected chi connectivity index (χ1v) is 11.9. The minimum absolute atomic E-state index is 0.0185. The van der Waals surface area contributed by atoms with Gasteiger partial charge in [0.15, 0.2) is 5.58 Å². The minimum Gasteiger partial charge on any atom is -0.408 e. The molecule has 0 saturated carbocycles. The molecule has 0 bridgehead atoms. The average molecular weight is 482 g/mol. The molecule has 1 fully saturated rings. The Morgan fingerprint density at radius 1 is 1.06 bits per heavy atom. The summed E-state index contributed by atoms with van der Waals surface area (Å²) in [6.45, 7) is 1.18. The zero-order chi connectivity index (χ0) is 22.9. The molecule has 4 rings (SSSR count). The van der Waals surface area contributed by atoms with Crippen molar-refractivity contribution < 1.29 is 22.0 Å². The lowest BCUT2D eigenvalue weighted by Gasteiger charge is -2.22. The van der Waals surface area contributed by atoms with E-state index in [1.165, 1.54) is 21.0 Å². The van der Waals surface area contributed by atoms with Crippen molar-refractivity contribution in [2.75, 3.05) is 26.2 Å². The number of rotatable bonds is 5. The van der Waals surface area contributed by atoms with E-state index in [1.807, 2.05) is 0 Å². The van der Waals surface area contributed by atoms with E-state index in [-0.39, 0.29) is 43.4 Å². The fraction of sp³-hybridized carbons (Fsp3) is 0.333. The van der Waals surface area contributed by atoms with Crippen LogP contribution in [0.2, 0.25) is 5.02 Å². The second-order valence-corrected chi connectivity index (χ2v) is 9.85. The smallest absolute Gasteiger partial charge is 0.408 e. The Bertz CT molecular complexity index is 1300. The number of carbonyl (C=O) groups excluding carboxylic acids is 1. The van der Waals surface area contributed by atoms with Gasteiger partial charge < -0.3 is 9.32 Å². The number of aryl methyl sites for hydroxylation is 1. The third-order valence-electron chi connectivity index (χ3n) is 5.44. The molecule has 1 aliphatic rings. The Kier molecular flexibility index (Phi) is 6.36. The number of nitrogens with zero attached hydrogens (tertiary/aromatic N) is 3. The van der Waals surface area contributed by atoms with Crippen LogP contribution in [0.25, 0.3) is 11.1 Å². The van der Waals surface area contributed by atoms with E-state index in [9.17, 15) is 22.4 Å². The van der Waals surface area contributed by atoms with Gasteiger partial charge in [0.2, 0.25) is 15.9 Å². The maximum atomic E-state index is 13.1. The number of aromatic nitrogens is 1. The largest absolute Gasteiger partial charge is 0.419 e. The van der Waals surface area contributed by atoms with Crippen LogP contribution in [0.1, 0.15) is 12.8 Å². The standard InChI is InChI=1S/C21H21ClFN3O5S/c22-15-2-7-18-19(14-15)31-21(28)26(18)11-8-20(27)24-9-1-10-25(13-12-24)32(29,30)17-5-3-16(23)4-6-17/h2-7,14H,1,8-13H2. The molecule has 0 unspecified atom stereocenters. The molecule has 0 N–H and O–H groups in total. The average Bonchev–Trinajstić information content (AvgIpc) is 2.92. The highest BCUT2D eigenvalue weighted by atomic mass is 35.5. The third-order valence-corrected chi connectivity index (χ3v) is 7.59. The summed E-state index contributed by atoms with van der Waals surface area (Å²) in [4.78, 5) is 26.5. The van der Waals surface area contributed by atoms with Gasteiger partial charge >= 0.3 is 5.76 Å². The minimum atomic E-state index is -3.77. The highest BCUT2D eigenvalue weighted by Crippen LogP contribution is 2.20. The molecular weight excluding hydrogens is 461 g/mol. The molecule has 1 saturated heterocycles. The number of carbonyl (C=O) groups is 1. The van der Waals surface area contributed by atoms with E-state index in [4.69, 9.17) is 16.0 Å². The van der Waals surface area contributed by atoms with Crippen molar-refractivity contribution in [2.24, 2.45) is 0 Å². The molecule has 3 aromatic rings. The number of sulfonamides is 1. The second-order valence-electron chi connectivity index (χ2n) is 7.47. The molecule has 11 heteroatoms. The number of fused-ring (bicyclic) bond motifs is 1. The van der Waals surface area contributed by atoms with Gasteiger partial charge in [-0.1, -0.05) is 11.6 Å². The molecule has 2 aromatic carbocycles. The van der Waals surface area contributed by atoms with Crippen LogP contribution in [0.4, 0.5) is 4.39 Å². The Hall–Kier alpha value is -2.69. The molecule has 0 radical (unpaired) electrons. The SMILES string of the molecule is O=C(CCn1c(=O)oc2cc(Cl)ccc21)N1CCCN(S(=O)(=O)c2ccc(F)cc2)CC1. The lowest BCUT2D eigenvalue weighted by molar-refractivity contribution is -0.131. The normalized spacial score (nSPS) is 15.8. The number of hydrogen-bond donors (Lipinski definition) is 0. The van der Waals surface area contributed by atoms with Gasteiger partial charge in [-0.15, -0.1) is 0 Å². The molecule has 1 amide bonds. The molecule has 8 nitrogen and oxygen atoms in total. The van der Waals surface area contributed by atoms with Crippen molar-refractivity contribution in [3.8, 4) is 0 Å². The molecule has 1 aliphatic heterocycles. The fourth-order valence-corrected chi connectivity index (χ4v) is 5.39. The van der Waals surface area contributed by atoms with Gasteiger partial charge in [-0.2, -0.15) is 4.31 Å². The highest BCUT2D eigenvalue weighted by molar-refractivity contribution is 7.89. The third kappa shape index (κ3) is 4.57. The first kappa shape index (κ1) is 22.5. The lowest BCUT2D eigenvalue weighted by atomic mass is 10.3. The molecular formula is C21H21ClFN3O5S. The van der Waals surface area contributed by atoms with Gasteiger partial charge in [0, 0.05) is 50.2 Å². The van der Waals surface area contributed by atoms with E-state index < -0.39 is 21.6 Å². The van der Waals surface area contributed by atoms with Crippen molar-refractivity contribution in [3.05, 3.63) is 63.9 Å². The van der Waals surface area contributed by atoms with Crippen LogP contribution in [0.5, 0.6) is 0 Å². The maximum absolute atomic E-state index is 13.1. The Balaban J connectivity index is 1.40. The van der Waals surface area contributed by atoms with E-state index in [0.717, 1.165) is 12.1 Å². The summed E-state index contributed by atoms with van der Waals surface area (Å²) in [5.41, 5.74) is 0.908. The first-order valence-electron chi connectivity index (χ1n) is 10.1. The summed E-state index contributed by atoms with van der Waals surface area (Å²) >= 11 is 5.92. The summed E-state index contributed by atoms with van der Waals surface area (Å²) in [5, 5.41) is 0.444. The molecule has 0 atom stereocenters.